The predicted molar refractivity (Wildman–Crippen MR) is 105 cm³/mol. The number of ketones is 1. The van der Waals surface area contributed by atoms with Gasteiger partial charge < -0.3 is 4.74 Å². The van der Waals surface area contributed by atoms with Crippen LogP contribution in [-0.2, 0) is 6.42 Å². The Hall–Kier alpha value is -3.13. The molecule has 0 saturated heterocycles. The van der Waals surface area contributed by atoms with Gasteiger partial charge in [-0.2, -0.15) is 0 Å². The van der Waals surface area contributed by atoms with Crippen molar-refractivity contribution in [3.8, 4) is 5.75 Å². The van der Waals surface area contributed by atoms with E-state index in [-0.39, 0.29) is 5.78 Å². The Labute approximate surface area is 153 Å². The lowest BCUT2D eigenvalue weighted by Gasteiger charge is -2.24. The fraction of sp³-hybridized carbons (Fsp3) is 0.125. The fourth-order valence-electron chi connectivity index (χ4n) is 3.62. The molecule has 0 aliphatic heterocycles. The lowest BCUT2D eigenvalue weighted by molar-refractivity contribution is 0.103. The van der Waals surface area contributed by atoms with E-state index >= 15 is 0 Å². The second-order valence-corrected chi connectivity index (χ2v) is 6.44. The highest BCUT2D eigenvalue weighted by Gasteiger charge is 2.25. The first kappa shape index (κ1) is 16.3. The third-order valence-corrected chi connectivity index (χ3v) is 4.90. The van der Waals surface area contributed by atoms with Crippen LogP contribution in [0.5, 0.6) is 5.75 Å². The SMILES string of the molecule is COc1ccc2c(c1)CCC(C(=O)c1ccccc1)=C2c1ccccc1. The molecule has 0 fully saturated rings. The molecule has 0 N–H and O–H groups in total. The fourth-order valence-corrected chi connectivity index (χ4v) is 3.62. The topological polar surface area (TPSA) is 26.3 Å². The van der Waals surface area contributed by atoms with E-state index < -0.39 is 0 Å². The molecule has 0 spiro atoms. The number of hydrogen-bond acceptors (Lipinski definition) is 2. The van der Waals surface area contributed by atoms with E-state index in [1.165, 1.54) is 5.56 Å². The molecule has 0 radical (unpaired) electrons. The first-order valence-corrected chi connectivity index (χ1v) is 8.83. The van der Waals surface area contributed by atoms with Crippen molar-refractivity contribution in [2.24, 2.45) is 0 Å². The van der Waals surface area contributed by atoms with Gasteiger partial charge in [0, 0.05) is 11.1 Å². The third-order valence-electron chi connectivity index (χ3n) is 4.90. The lowest BCUT2D eigenvalue weighted by Crippen LogP contribution is -2.14. The Morgan fingerprint density at radius 1 is 0.846 bits per heavy atom. The second kappa shape index (κ2) is 7.01. The molecule has 0 saturated carbocycles. The molecule has 128 valence electrons. The molecule has 1 aliphatic rings. The molecule has 1 aliphatic carbocycles. The van der Waals surface area contributed by atoms with E-state index in [4.69, 9.17) is 4.74 Å². The summed E-state index contributed by atoms with van der Waals surface area (Å²) < 4.78 is 5.38. The first-order chi connectivity index (χ1) is 12.8. The van der Waals surface area contributed by atoms with Crippen molar-refractivity contribution in [2.45, 2.75) is 12.8 Å². The van der Waals surface area contributed by atoms with Gasteiger partial charge in [0.1, 0.15) is 5.75 Å². The molecule has 26 heavy (non-hydrogen) atoms. The van der Waals surface area contributed by atoms with Crippen LogP contribution in [-0.4, -0.2) is 12.9 Å². The smallest absolute Gasteiger partial charge is 0.189 e. The zero-order valence-electron chi connectivity index (χ0n) is 14.7. The molecule has 0 heterocycles. The van der Waals surface area contributed by atoms with Crippen LogP contribution >= 0.6 is 0 Å². The molecular formula is C24H20O2. The first-order valence-electron chi connectivity index (χ1n) is 8.83. The second-order valence-electron chi connectivity index (χ2n) is 6.44. The number of ether oxygens (including phenoxy) is 1. The Kier molecular flexibility index (Phi) is 4.40. The Morgan fingerprint density at radius 2 is 1.54 bits per heavy atom. The van der Waals surface area contributed by atoms with E-state index in [0.29, 0.717) is 0 Å². The average Bonchev–Trinajstić information content (AvgIpc) is 2.73. The highest BCUT2D eigenvalue weighted by Crippen LogP contribution is 2.38. The maximum Gasteiger partial charge on any atom is 0.189 e. The number of benzene rings is 3. The summed E-state index contributed by atoms with van der Waals surface area (Å²) in [4.78, 5) is 13.2. The number of Topliss-reactive ketones (excluding diaryl/α,β-unsaturated/α-hetero) is 1. The Balaban J connectivity index is 1.92. The van der Waals surface area contributed by atoms with Crippen molar-refractivity contribution in [2.75, 3.05) is 7.11 Å². The zero-order chi connectivity index (χ0) is 17.9. The molecular weight excluding hydrogens is 320 g/mol. The van der Waals surface area contributed by atoms with Crippen molar-refractivity contribution in [3.63, 3.8) is 0 Å². The van der Waals surface area contributed by atoms with Crippen LogP contribution in [0.1, 0.15) is 33.5 Å². The van der Waals surface area contributed by atoms with E-state index in [1.807, 2.05) is 54.6 Å². The quantitative estimate of drug-likeness (QED) is 0.600. The molecule has 2 heteroatoms. The van der Waals surface area contributed by atoms with Crippen molar-refractivity contribution in [3.05, 3.63) is 107 Å². The summed E-state index contributed by atoms with van der Waals surface area (Å²) in [5.74, 6) is 0.972. The minimum absolute atomic E-state index is 0.117. The maximum absolute atomic E-state index is 13.2. The van der Waals surface area contributed by atoms with E-state index in [1.54, 1.807) is 7.11 Å². The number of allylic oxidation sites excluding steroid dienone is 1. The molecule has 0 amide bonds. The summed E-state index contributed by atoms with van der Waals surface area (Å²) in [6, 6.07) is 25.9. The van der Waals surface area contributed by atoms with Gasteiger partial charge in [-0.05, 0) is 47.2 Å². The summed E-state index contributed by atoms with van der Waals surface area (Å²) in [7, 11) is 1.68. The number of carbonyl (C=O) groups excluding carboxylic acids is 1. The van der Waals surface area contributed by atoms with Gasteiger partial charge in [0.05, 0.1) is 7.11 Å². The van der Waals surface area contributed by atoms with Gasteiger partial charge in [-0.1, -0.05) is 66.7 Å². The molecule has 3 aromatic rings. The number of methoxy groups -OCH3 is 1. The van der Waals surface area contributed by atoms with Gasteiger partial charge in [-0.25, -0.2) is 0 Å². The lowest BCUT2D eigenvalue weighted by atomic mass is 9.79. The van der Waals surface area contributed by atoms with Crippen molar-refractivity contribution in [1.29, 1.82) is 0 Å². The van der Waals surface area contributed by atoms with E-state index in [9.17, 15) is 4.79 Å². The van der Waals surface area contributed by atoms with Crippen LogP contribution in [0.2, 0.25) is 0 Å². The van der Waals surface area contributed by atoms with Crippen LogP contribution in [0.4, 0.5) is 0 Å². The summed E-state index contributed by atoms with van der Waals surface area (Å²) in [6.07, 6.45) is 1.58. The van der Waals surface area contributed by atoms with Gasteiger partial charge in [0.25, 0.3) is 0 Å². The molecule has 4 rings (SSSR count). The van der Waals surface area contributed by atoms with Gasteiger partial charge in [0.2, 0.25) is 0 Å². The number of aryl methyl sites for hydroxylation is 1. The van der Waals surface area contributed by atoms with Crippen LogP contribution < -0.4 is 4.74 Å². The number of rotatable bonds is 4. The van der Waals surface area contributed by atoms with Gasteiger partial charge in [-0.15, -0.1) is 0 Å². The monoisotopic (exact) mass is 340 g/mol. The van der Waals surface area contributed by atoms with Crippen molar-refractivity contribution in [1.82, 2.24) is 0 Å². The number of carbonyl (C=O) groups is 1. The zero-order valence-corrected chi connectivity index (χ0v) is 14.7. The molecule has 0 aromatic heterocycles. The maximum atomic E-state index is 13.2. The van der Waals surface area contributed by atoms with Crippen LogP contribution in [0.25, 0.3) is 5.57 Å². The Morgan fingerprint density at radius 3 is 2.23 bits per heavy atom. The van der Waals surface area contributed by atoms with Crippen LogP contribution in [0.3, 0.4) is 0 Å². The minimum Gasteiger partial charge on any atom is -0.497 e. The molecule has 0 atom stereocenters. The third kappa shape index (κ3) is 2.95. The predicted octanol–water partition coefficient (Wildman–Crippen LogP) is 5.33. The van der Waals surface area contributed by atoms with Crippen molar-refractivity contribution < 1.29 is 9.53 Å². The van der Waals surface area contributed by atoms with Gasteiger partial charge in [0.15, 0.2) is 5.78 Å². The van der Waals surface area contributed by atoms with Crippen molar-refractivity contribution >= 4 is 11.4 Å². The van der Waals surface area contributed by atoms with E-state index in [2.05, 4.69) is 24.3 Å². The summed E-state index contributed by atoms with van der Waals surface area (Å²) in [5, 5.41) is 0. The Bertz CT molecular complexity index is 970. The number of hydrogen-bond donors (Lipinski definition) is 0. The van der Waals surface area contributed by atoms with Crippen LogP contribution in [0.15, 0.2) is 84.4 Å². The molecule has 2 nitrogen and oxygen atoms in total. The molecule has 0 unspecified atom stereocenters. The summed E-state index contributed by atoms with van der Waals surface area (Å²) >= 11 is 0. The van der Waals surface area contributed by atoms with Gasteiger partial charge >= 0.3 is 0 Å². The van der Waals surface area contributed by atoms with Crippen LogP contribution in [0, 0.1) is 0 Å². The summed E-state index contributed by atoms with van der Waals surface area (Å²) in [6.45, 7) is 0. The summed E-state index contributed by atoms with van der Waals surface area (Å²) in [5.41, 5.74) is 6.12. The highest BCUT2D eigenvalue weighted by molar-refractivity contribution is 6.15. The largest absolute Gasteiger partial charge is 0.497 e. The minimum atomic E-state index is 0.117. The molecule has 3 aromatic carbocycles. The normalized spacial score (nSPS) is 13.3. The molecule has 0 bridgehead atoms. The number of fused-ring (bicyclic) bond motifs is 1. The van der Waals surface area contributed by atoms with E-state index in [0.717, 1.165) is 46.4 Å². The highest BCUT2D eigenvalue weighted by atomic mass is 16.5. The average molecular weight is 340 g/mol. The standard InChI is InChI=1S/C24H20O2/c1-26-20-13-15-21-19(16-20)12-14-22(23(21)17-8-4-2-5-9-17)24(25)18-10-6-3-7-11-18/h2-11,13,15-16H,12,14H2,1H3. The van der Waals surface area contributed by atoms with Gasteiger partial charge in [-0.3, -0.25) is 4.79 Å².